The molecule has 3 aromatic rings. The summed E-state index contributed by atoms with van der Waals surface area (Å²) in [6.07, 6.45) is -10.0. The molecule has 1 spiro atoms. The molecule has 1 aromatic heterocycles. The Morgan fingerprint density at radius 3 is 2.43 bits per heavy atom. The fraction of sp³-hybridized carbons (Fsp3) is 0.452. The average molecular weight is 688 g/mol. The van der Waals surface area contributed by atoms with E-state index in [1.165, 1.54) is 37.3 Å². The maximum absolute atomic E-state index is 14.7. The number of aliphatic carboxylic acids is 1. The smallest absolute Gasteiger partial charge is 0.480 e. The predicted molar refractivity (Wildman–Crippen MR) is 161 cm³/mol. The zero-order valence-corrected chi connectivity index (χ0v) is 26.0. The molecule has 4 N–H and O–H groups in total. The Hall–Kier alpha value is -3.98. The third kappa shape index (κ3) is 7.61. The first-order valence-corrected chi connectivity index (χ1v) is 15.1. The Morgan fingerprint density at radius 2 is 1.83 bits per heavy atom. The summed E-state index contributed by atoms with van der Waals surface area (Å²) in [6, 6.07) is 7.74. The molecule has 2 aliphatic heterocycles. The quantitative estimate of drug-likeness (QED) is 0.213. The van der Waals surface area contributed by atoms with Crippen molar-refractivity contribution in [1.29, 1.82) is 0 Å². The molecule has 9 nitrogen and oxygen atoms in total. The van der Waals surface area contributed by atoms with Crippen LogP contribution in [0.25, 0.3) is 11.1 Å². The Labute approximate surface area is 271 Å². The van der Waals surface area contributed by atoms with Crippen molar-refractivity contribution in [3.8, 4) is 22.8 Å². The second-order valence-corrected chi connectivity index (χ2v) is 12.2. The number of hydrogen-bond acceptors (Lipinski definition) is 8. The molecule has 2 aliphatic rings. The van der Waals surface area contributed by atoms with Gasteiger partial charge in [-0.15, -0.1) is 13.2 Å². The van der Waals surface area contributed by atoms with E-state index in [0.717, 1.165) is 18.6 Å². The van der Waals surface area contributed by atoms with E-state index in [2.05, 4.69) is 20.0 Å². The highest BCUT2D eigenvalue weighted by molar-refractivity contribution is 6.30. The first-order valence-electron chi connectivity index (χ1n) is 14.8. The molecule has 47 heavy (non-hydrogen) atoms. The van der Waals surface area contributed by atoms with Crippen LogP contribution in [0.4, 0.5) is 38.1 Å². The van der Waals surface area contributed by atoms with Gasteiger partial charge in [0.05, 0.1) is 0 Å². The number of nitrogens with one attached hydrogen (secondary N) is 1. The van der Waals surface area contributed by atoms with Crippen molar-refractivity contribution in [2.75, 3.05) is 23.7 Å². The maximum atomic E-state index is 14.7. The van der Waals surface area contributed by atoms with Crippen molar-refractivity contribution < 1.29 is 45.7 Å². The molecule has 5 rings (SSSR count). The Balaban J connectivity index is 1.42. The lowest BCUT2D eigenvalue weighted by molar-refractivity contribution is -0.274. The summed E-state index contributed by atoms with van der Waals surface area (Å²) in [5.74, 6) is -1.91. The Morgan fingerprint density at radius 1 is 1.13 bits per heavy atom. The van der Waals surface area contributed by atoms with Gasteiger partial charge in [0.1, 0.15) is 17.6 Å². The van der Waals surface area contributed by atoms with E-state index in [1.807, 2.05) is 11.8 Å². The Bertz CT molecular complexity index is 1630. The SMILES string of the molecule is CC[C@@H]1NC(C(=O)O)CC12CCN(c1cc(O[C@H](c3ccc(Cl)cc3-c3ccc(OC(F)(F)F)c(C)c3)C(F)(F)F)nc(N)n1)CC2. The van der Waals surface area contributed by atoms with Gasteiger partial charge in [-0.1, -0.05) is 30.7 Å². The molecule has 0 bridgehead atoms. The number of aromatic nitrogens is 2. The van der Waals surface area contributed by atoms with Gasteiger partial charge in [-0.05, 0) is 79.0 Å². The number of aryl methyl sites for hydroxylation is 1. The number of nitrogens with zero attached hydrogens (tertiary/aromatic N) is 3. The fourth-order valence-corrected chi connectivity index (χ4v) is 6.79. The molecule has 254 valence electrons. The molecule has 2 aromatic carbocycles. The van der Waals surface area contributed by atoms with Gasteiger partial charge in [-0.2, -0.15) is 23.1 Å². The Kier molecular flexibility index (Phi) is 9.43. The van der Waals surface area contributed by atoms with Crippen molar-refractivity contribution in [2.24, 2.45) is 5.41 Å². The van der Waals surface area contributed by atoms with E-state index in [4.69, 9.17) is 22.1 Å². The molecule has 0 saturated carbocycles. The first kappa shape index (κ1) is 34.4. The summed E-state index contributed by atoms with van der Waals surface area (Å²) in [4.78, 5) is 21.6. The number of alkyl halides is 6. The highest BCUT2D eigenvalue weighted by Crippen LogP contribution is 2.46. The number of rotatable bonds is 8. The van der Waals surface area contributed by atoms with Gasteiger partial charge in [0, 0.05) is 35.8 Å². The number of hydrogen-bond donors (Lipinski definition) is 3. The molecule has 3 atom stereocenters. The molecule has 2 fully saturated rings. The van der Waals surface area contributed by atoms with Crippen molar-refractivity contribution in [3.05, 3.63) is 58.6 Å². The third-order valence-corrected chi connectivity index (χ3v) is 9.03. The van der Waals surface area contributed by atoms with Crippen LogP contribution in [0.5, 0.6) is 11.6 Å². The normalized spacial score (nSPS) is 20.3. The van der Waals surface area contributed by atoms with Crippen LogP contribution in [0.2, 0.25) is 5.02 Å². The topological polar surface area (TPSA) is 123 Å². The van der Waals surface area contributed by atoms with Crippen LogP contribution in [0, 0.1) is 12.3 Å². The minimum Gasteiger partial charge on any atom is -0.480 e. The minimum absolute atomic E-state index is 0.0124. The van der Waals surface area contributed by atoms with Crippen LogP contribution >= 0.6 is 11.6 Å². The summed E-state index contributed by atoms with van der Waals surface area (Å²) in [7, 11) is 0. The molecular formula is C31H32ClF6N5O4. The van der Waals surface area contributed by atoms with E-state index >= 15 is 0 Å². The van der Waals surface area contributed by atoms with Crippen LogP contribution in [0.15, 0.2) is 42.5 Å². The largest absolute Gasteiger partial charge is 0.573 e. The summed E-state index contributed by atoms with van der Waals surface area (Å²) in [5, 5.41) is 12.9. The summed E-state index contributed by atoms with van der Waals surface area (Å²) >= 11 is 6.15. The second-order valence-electron chi connectivity index (χ2n) is 11.8. The van der Waals surface area contributed by atoms with Crippen LogP contribution in [-0.4, -0.2) is 58.8 Å². The van der Waals surface area contributed by atoms with Crippen molar-refractivity contribution in [3.63, 3.8) is 0 Å². The van der Waals surface area contributed by atoms with E-state index in [0.29, 0.717) is 32.4 Å². The standard InChI is InChI=1S/C31H32ClF6N5O4/c1-3-23-29(15-21(40-23)27(44)45)8-10-43(11-9-29)24-14-25(42-28(39)41-24)46-26(30(33,34)35)19-6-5-18(32)13-20(19)17-4-7-22(16(2)12-17)47-31(36,37)38/h4-7,12-14,21,23,26,40H,3,8-11,15H2,1-2H3,(H,44,45)(H2,39,41,42)/t21?,23-,26+/m0/s1. The summed E-state index contributed by atoms with van der Waals surface area (Å²) in [5.41, 5.74) is 5.47. The number of carboxylic acid groups (broad SMARTS) is 1. The van der Waals surface area contributed by atoms with Crippen LogP contribution in [0.1, 0.15) is 49.8 Å². The molecule has 0 radical (unpaired) electrons. The fourth-order valence-electron chi connectivity index (χ4n) is 6.61. The number of anilines is 2. The van der Waals surface area contributed by atoms with Gasteiger partial charge in [-0.25, -0.2) is 0 Å². The van der Waals surface area contributed by atoms with E-state index in [1.54, 1.807) is 0 Å². The van der Waals surface area contributed by atoms with Gasteiger partial charge >= 0.3 is 18.5 Å². The zero-order chi connectivity index (χ0) is 34.3. The van der Waals surface area contributed by atoms with E-state index in [9.17, 15) is 36.2 Å². The van der Waals surface area contributed by atoms with E-state index < -0.39 is 42.3 Å². The predicted octanol–water partition coefficient (Wildman–Crippen LogP) is 7.08. The van der Waals surface area contributed by atoms with Gasteiger partial charge in [0.25, 0.3) is 0 Å². The van der Waals surface area contributed by atoms with Gasteiger partial charge < -0.3 is 30.5 Å². The van der Waals surface area contributed by atoms with Crippen molar-refractivity contribution in [1.82, 2.24) is 15.3 Å². The van der Waals surface area contributed by atoms with Gasteiger partial charge in [-0.3, -0.25) is 4.79 Å². The van der Waals surface area contributed by atoms with Crippen molar-refractivity contribution in [2.45, 2.75) is 70.3 Å². The number of nitrogen functional groups attached to an aromatic ring is 1. The highest BCUT2D eigenvalue weighted by Gasteiger charge is 2.50. The third-order valence-electron chi connectivity index (χ3n) is 8.79. The average Bonchev–Trinajstić information content (AvgIpc) is 3.34. The van der Waals surface area contributed by atoms with Crippen LogP contribution in [0.3, 0.4) is 0 Å². The lowest BCUT2D eigenvalue weighted by Gasteiger charge is -2.43. The zero-order valence-electron chi connectivity index (χ0n) is 25.3. The molecule has 3 heterocycles. The molecular weight excluding hydrogens is 656 g/mol. The maximum Gasteiger partial charge on any atom is 0.573 e. The van der Waals surface area contributed by atoms with Gasteiger partial charge in [0.2, 0.25) is 17.9 Å². The number of halogens is 7. The highest BCUT2D eigenvalue weighted by atomic mass is 35.5. The summed E-state index contributed by atoms with van der Waals surface area (Å²) < 4.78 is 91.9. The van der Waals surface area contributed by atoms with Crippen LogP contribution < -0.4 is 25.4 Å². The number of carbonyl (C=O) groups is 1. The van der Waals surface area contributed by atoms with Crippen LogP contribution in [-0.2, 0) is 4.79 Å². The molecule has 0 amide bonds. The number of benzene rings is 2. The second kappa shape index (κ2) is 12.9. The monoisotopic (exact) mass is 687 g/mol. The lowest BCUT2D eigenvalue weighted by atomic mass is 9.71. The number of ether oxygens (including phenoxy) is 2. The number of nitrogens with two attached hydrogens (primary N) is 1. The van der Waals surface area contributed by atoms with Gasteiger partial charge in [0.15, 0.2) is 0 Å². The van der Waals surface area contributed by atoms with Crippen molar-refractivity contribution >= 4 is 29.3 Å². The minimum atomic E-state index is -4.97. The lowest BCUT2D eigenvalue weighted by Crippen LogP contribution is -2.46. The molecule has 0 aliphatic carbocycles. The van der Waals surface area contributed by atoms with E-state index in [-0.39, 0.29) is 50.5 Å². The first-order chi connectivity index (χ1) is 22.0. The molecule has 2 saturated heterocycles. The number of piperidine rings is 1. The number of carboxylic acids is 1. The molecule has 16 heteroatoms. The molecule has 1 unspecified atom stereocenters. The summed E-state index contributed by atoms with van der Waals surface area (Å²) in [6.45, 7) is 4.23.